The predicted molar refractivity (Wildman–Crippen MR) is 108 cm³/mol. The van der Waals surface area contributed by atoms with Gasteiger partial charge in [0.1, 0.15) is 6.04 Å². The van der Waals surface area contributed by atoms with Crippen molar-refractivity contribution in [2.75, 3.05) is 6.54 Å². The maximum absolute atomic E-state index is 12.8. The van der Waals surface area contributed by atoms with Gasteiger partial charge < -0.3 is 10.6 Å². The van der Waals surface area contributed by atoms with Crippen LogP contribution in [0, 0.1) is 5.92 Å². The summed E-state index contributed by atoms with van der Waals surface area (Å²) in [6.07, 6.45) is 2.14. The van der Waals surface area contributed by atoms with Crippen LogP contribution in [0.15, 0.2) is 54.6 Å². The quantitative estimate of drug-likeness (QED) is 0.759. The standard InChI is InChI=1S/C22H25ClN2O2/c1-15(2)19(25-20(26)16-8-10-18(23)11-9-16)21(27)24-14-22(12-13-22)17-6-4-3-5-7-17/h3-11,15,19H,12-14H2,1-2H3,(H,24,27)(H,25,26). The highest BCUT2D eigenvalue weighted by Gasteiger charge is 2.44. The molecule has 5 heteroatoms. The van der Waals surface area contributed by atoms with Gasteiger partial charge >= 0.3 is 0 Å². The SMILES string of the molecule is CC(C)C(NC(=O)c1ccc(Cl)cc1)C(=O)NCC1(c2ccccc2)CC1. The first-order valence-corrected chi connectivity index (χ1v) is 9.69. The Labute approximate surface area is 165 Å². The van der Waals surface area contributed by atoms with Crippen LogP contribution in [0.5, 0.6) is 0 Å². The van der Waals surface area contributed by atoms with Crippen molar-refractivity contribution in [3.63, 3.8) is 0 Å². The van der Waals surface area contributed by atoms with Crippen molar-refractivity contribution in [3.05, 3.63) is 70.7 Å². The van der Waals surface area contributed by atoms with E-state index in [1.807, 2.05) is 32.0 Å². The van der Waals surface area contributed by atoms with Crippen molar-refractivity contribution in [1.82, 2.24) is 10.6 Å². The topological polar surface area (TPSA) is 58.2 Å². The summed E-state index contributed by atoms with van der Waals surface area (Å²) < 4.78 is 0. The minimum atomic E-state index is -0.584. The molecular formula is C22H25ClN2O2. The Morgan fingerprint density at radius 2 is 1.67 bits per heavy atom. The molecule has 0 saturated heterocycles. The number of amides is 2. The van der Waals surface area contributed by atoms with Crippen molar-refractivity contribution >= 4 is 23.4 Å². The van der Waals surface area contributed by atoms with Gasteiger partial charge in [0.05, 0.1) is 0 Å². The van der Waals surface area contributed by atoms with Crippen LogP contribution in [0.3, 0.4) is 0 Å². The summed E-state index contributed by atoms with van der Waals surface area (Å²) in [5.74, 6) is -0.438. The number of carbonyl (C=O) groups excluding carboxylic acids is 2. The highest BCUT2D eigenvalue weighted by Crippen LogP contribution is 2.47. The molecule has 0 heterocycles. The van der Waals surface area contributed by atoms with Crippen molar-refractivity contribution in [1.29, 1.82) is 0 Å². The number of hydrogen-bond acceptors (Lipinski definition) is 2. The molecule has 0 bridgehead atoms. The summed E-state index contributed by atoms with van der Waals surface area (Å²) in [4.78, 5) is 25.2. The zero-order valence-electron chi connectivity index (χ0n) is 15.7. The lowest BCUT2D eigenvalue weighted by Crippen LogP contribution is -2.51. The maximum Gasteiger partial charge on any atom is 0.251 e. The molecule has 1 unspecified atom stereocenters. The highest BCUT2D eigenvalue weighted by molar-refractivity contribution is 6.30. The van der Waals surface area contributed by atoms with E-state index in [9.17, 15) is 9.59 Å². The largest absolute Gasteiger partial charge is 0.353 e. The lowest BCUT2D eigenvalue weighted by Gasteiger charge is -2.24. The van der Waals surface area contributed by atoms with Gasteiger partial charge in [0.2, 0.25) is 5.91 Å². The normalized spacial score (nSPS) is 15.9. The molecule has 0 spiro atoms. The lowest BCUT2D eigenvalue weighted by atomic mass is 9.95. The Hall–Kier alpha value is -2.33. The third-order valence-electron chi connectivity index (χ3n) is 5.18. The Balaban J connectivity index is 1.62. The summed E-state index contributed by atoms with van der Waals surface area (Å²) in [5.41, 5.74) is 1.79. The minimum Gasteiger partial charge on any atom is -0.353 e. The van der Waals surface area contributed by atoms with Crippen molar-refractivity contribution < 1.29 is 9.59 Å². The van der Waals surface area contributed by atoms with Crippen LogP contribution in [0.25, 0.3) is 0 Å². The third kappa shape index (κ3) is 4.69. The fourth-order valence-corrected chi connectivity index (χ4v) is 3.36. The van der Waals surface area contributed by atoms with Gasteiger partial charge in [-0.15, -0.1) is 0 Å². The van der Waals surface area contributed by atoms with Crippen LogP contribution in [0.4, 0.5) is 0 Å². The first-order valence-electron chi connectivity index (χ1n) is 9.31. The maximum atomic E-state index is 12.8. The first-order chi connectivity index (χ1) is 12.9. The molecule has 3 rings (SSSR count). The second kappa shape index (κ2) is 8.13. The zero-order valence-corrected chi connectivity index (χ0v) is 16.4. The Bertz CT molecular complexity index is 799. The van der Waals surface area contributed by atoms with Crippen LogP contribution >= 0.6 is 11.6 Å². The van der Waals surface area contributed by atoms with Gasteiger partial charge in [-0.25, -0.2) is 0 Å². The second-order valence-corrected chi connectivity index (χ2v) is 8.00. The van der Waals surface area contributed by atoms with Gasteiger partial charge in [0, 0.05) is 22.5 Å². The summed E-state index contributed by atoms with van der Waals surface area (Å²) in [6, 6.07) is 16.3. The molecule has 0 aliphatic heterocycles. The van der Waals surface area contributed by atoms with Gasteiger partial charge in [0.15, 0.2) is 0 Å². The Kier molecular flexibility index (Phi) is 5.85. The molecule has 2 aromatic carbocycles. The molecule has 27 heavy (non-hydrogen) atoms. The molecule has 1 atom stereocenters. The number of benzene rings is 2. The molecule has 1 aliphatic rings. The van der Waals surface area contributed by atoms with E-state index >= 15 is 0 Å². The summed E-state index contributed by atoms with van der Waals surface area (Å²) in [5, 5.41) is 6.48. The number of halogens is 1. The van der Waals surface area contributed by atoms with Crippen LogP contribution < -0.4 is 10.6 Å². The van der Waals surface area contributed by atoms with E-state index in [1.165, 1.54) is 5.56 Å². The first kappa shape index (κ1) is 19.4. The van der Waals surface area contributed by atoms with E-state index in [4.69, 9.17) is 11.6 Å². The Morgan fingerprint density at radius 1 is 1.04 bits per heavy atom. The van der Waals surface area contributed by atoms with Crippen LogP contribution in [0.1, 0.15) is 42.6 Å². The van der Waals surface area contributed by atoms with Crippen LogP contribution in [-0.2, 0) is 10.2 Å². The molecule has 0 radical (unpaired) electrons. The molecule has 1 saturated carbocycles. The van der Waals surface area contributed by atoms with Gasteiger partial charge in [-0.05, 0) is 48.6 Å². The van der Waals surface area contributed by atoms with Crippen molar-refractivity contribution in [3.8, 4) is 0 Å². The van der Waals surface area contributed by atoms with E-state index in [1.54, 1.807) is 24.3 Å². The predicted octanol–water partition coefficient (Wildman–Crippen LogP) is 3.94. The fourth-order valence-electron chi connectivity index (χ4n) is 3.24. The molecule has 4 nitrogen and oxygen atoms in total. The van der Waals surface area contributed by atoms with E-state index in [0.29, 0.717) is 17.1 Å². The van der Waals surface area contributed by atoms with Crippen molar-refractivity contribution in [2.45, 2.75) is 38.1 Å². The van der Waals surface area contributed by atoms with E-state index in [-0.39, 0.29) is 23.1 Å². The lowest BCUT2D eigenvalue weighted by molar-refractivity contribution is -0.124. The molecule has 1 fully saturated rings. The number of nitrogens with one attached hydrogen (secondary N) is 2. The van der Waals surface area contributed by atoms with Gasteiger partial charge in [-0.3, -0.25) is 9.59 Å². The van der Waals surface area contributed by atoms with E-state index < -0.39 is 6.04 Å². The molecule has 2 aromatic rings. The molecule has 2 N–H and O–H groups in total. The molecule has 0 aromatic heterocycles. The third-order valence-corrected chi connectivity index (χ3v) is 5.43. The average Bonchev–Trinajstić information content (AvgIpc) is 3.46. The van der Waals surface area contributed by atoms with E-state index in [2.05, 4.69) is 22.8 Å². The van der Waals surface area contributed by atoms with Gasteiger partial charge in [0.25, 0.3) is 5.91 Å². The number of carbonyl (C=O) groups is 2. The van der Waals surface area contributed by atoms with Crippen molar-refractivity contribution in [2.24, 2.45) is 5.92 Å². The van der Waals surface area contributed by atoms with Crippen LogP contribution in [-0.4, -0.2) is 24.4 Å². The summed E-state index contributed by atoms with van der Waals surface area (Å²) in [7, 11) is 0. The second-order valence-electron chi connectivity index (χ2n) is 7.57. The molecule has 1 aliphatic carbocycles. The van der Waals surface area contributed by atoms with E-state index in [0.717, 1.165) is 12.8 Å². The average molecular weight is 385 g/mol. The zero-order chi connectivity index (χ0) is 19.4. The monoisotopic (exact) mass is 384 g/mol. The smallest absolute Gasteiger partial charge is 0.251 e. The fraction of sp³-hybridized carbons (Fsp3) is 0.364. The highest BCUT2D eigenvalue weighted by atomic mass is 35.5. The summed E-state index contributed by atoms with van der Waals surface area (Å²) >= 11 is 5.87. The summed E-state index contributed by atoms with van der Waals surface area (Å²) in [6.45, 7) is 4.45. The number of hydrogen-bond donors (Lipinski definition) is 2. The van der Waals surface area contributed by atoms with Crippen LogP contribution in [0.2, 0.25) is 5.02 Å². The Morgan fingerprint density at radius 3 is 2.22 bits per heavy atom. The molecular weight excluding hydrogens is 360 g/mol. The minimum absolute atomic E-state index is 0.0203. The van der Waals surface area contributed by atoms with Gasteiger partial charge in [-0.2, -0.15) is 0 Å². The van der Waals surface area contributed by atoms with Gasteiger partial charge in [-0.1, -0.05) is 55.8 Å². The molecule has 2 amide bonds. The number of rotatable bonds is 7. The molecule has 142 valence electrons.